The summed E-state index contributed by atoms with van der Waals surface area (Å²) in [5.41, 5.74) is 3.77. The van der Waals surface area contributed by atoms with Gasteiger partial charge in [0.1, 0.15) is 6.61 Å². The highest BCUT2D eigenvalue weighted by atomic mass is 16.6. The standard InChI is InChI=1S/C20H26N2O3/c1-13-7-14(2)9-16(8-13)15-3-5-22(6-4-15)18(23)17-10-20(11-17)12-25-19(24)21-20/h7-9,15,17H,3-6,10-12H2,1-2H3,(H,21,24)/t17-,20+. The highest BCUT2D eigenvalue weighted by Gasteiger charge is 2.53. The zero-order valence-electron chi connectivity index (χ0n) is 15.0. The second-order valence-corrected chi connectivity index (χ2v) is 8.11. The molecule has 2 heterocycles. The summed E-state index contributed by atoms with van der Waals surface area (Å²) in [5, 5.41) is 2.86. The van der Waals surface area contributed by atoms with E-state index >= 15 is 0 Å². The number of hydrogen-bond acceptors (Lipinski definition) is 3. The van der Waals surface area contributed by atoms with Crippen molar-refractivity contribution in [3.05, 3.63) is 34.9 Å². The minimum atomic E-state index is -0.347. The van der Waals surface area contributed by atoms with E-state index in [9.17, 15) is 9.59 Å². The van der Waals surface area contributed by atoms with E-state index in [1.165, 1.54) is 16.7 Å². The molecule has 0 bridgehead atoms. The van der Waals surface area contributed by atoms with Gasteiger partial charge in [0.25, 0.3) is 0 Å². The molecule has 134 valence electrons. The maximum atomic E-state index is 12.7. The fraction of sp³-hybridized carbons (Fsp3) is 0.600. The second kappa shape index (κ2) is 6.04. The first-order valence-electron chi connectivity index (χ1n) is 9.26. The lowest BCUT2D eigenvalue weighted by atomic mass is 9.68. The third-order valence-electron chi connectivity index (χ3n) is 5.99. The third-order valence-corrected chi connectivity index (χ3v) is 5.99. The Morgan fingerprint density at radius 2 is 1.80 bits per heavy atom. The Balaban J connectivity index is 1.32. The average molecular weight is 342 g/mol. The molecule has 0 radical (unpaired) electrons. The molecule has 1 aromatic rings. The Labute approximate surface area is 148 Å². The number of ether oxygens (including phenoxy) is 1. The van der Waals surface area contributed by atoms with Gasteiger partial charge in [-0.15, -0.1) is 0 Å². The van der Waals surface area contributed by atoms with E-state index in [2.05, 4.69) is 37.4 Å². The molecule has 5 nitrogen and oxygen atoms in total. The van der Waals surface area contributed by atoms with E-state index in [1.54, 1.807) is 0 Å². The summed E-state index contributed by atoms with van der Waals surface area (Å²) in [6.45, 7) is 6.37. The zero-order valence-corrected chi connectivity index (χ0v) is 15.0. The summed E-state index contributed by atoms with van der Waals surface area (Å²) in [5.74, 6) is 0.850. The van der Waals surface area contributed by atoms with E-state index in [0.717, 1.165) is 25.9 Å². The molecule has 4 rings (SSSR count). The topological polar surface area (TPSA) is 58.6 Å². The first-order valence-corrected chi connectivity index (χ1v) is 9.26. The average Bonchev–Trinajstić information content (AvgIpc) is 2.94. The monoisotopic (exact) mass is 342 g/mol. The lowest BCUT2D eigenvalue weighted by Crippen LogP contribution is -2.58. The van der Waals surface area contributed by atoms with Crippen LogP contribution in [0.5, 0.6) is 0 Å². The molecule has 3 fully saturated rings. The Morgan fingerprint density at radius 1 is 1.16 bits per heavy atom. The van der Waals surface area contributed by atoms with Crippen LogP contribution in [0.1, 0.15) is 48.3 Å². The van der Waals surface area contributed by atoms with Crippen molar-refractivity contribution in [2.75, 3.05) is 19.7 Å². The fourth-order valence-corrected chi connectivity index (χ4v) is 4.71. The van der Waals surface area contributed by atoms with Gasteiger partial charge in [-0.05, 0) is 51.0 Å². The van der Waals surface area contributed by atoms with Gasteiger partial charge in [0, 0.05) is 19.0 Å². The van der Waals surface area contributed by atoms with E-state index in [1.807, 2.05) is 4.90 Å². The second-order valence-electron chi connectivity index (χ2n) is 8.11. The van der Waals surface area contributed by atoms with Crippen LogP contribution in [0.4, 0.5) is 4.79 Å². The largest absolute Gasteiger partial charge is 0.447 e. The van der Waals surface area contributed by atoms with E-state index < -0.39 is 0 Å². The van der Waals surface area contributed by atoms with Gasteiger partial charge in [-0.3, -0.25) is 4.79 Å². The summed E-state index contributed by atoms with van der Waals surface area (Å²) in [7, 11) is 0. The van der Waals surface area contributed by atoms with Gasteiger partial charge in [-0.25, -0.2) is 4.79 Å². The number of piperidine rings is 1. The van der Waals surface area contributed by atoms with Gasteiger partial charge in [-0.1, -0.05) is 29.3 Å². The maximum Gasteiger partial charge on any atom is 0.407 e. The maximum absolute atomic E-state index is 12.7. The smallest absolute Gasteiger partial charge is 0.407 e. The van der Waals surface area contributed by atoms with Crippen molar-refractivity contribution in [3.8, 4) is 0 Å². The highest BCUT2D eigenvalue weighted by molar-refractivity contribution is 5.81. The number of benzene rings is 1. The van der Waals surface area contributed by atoms with Crippen LogP contribution in [0.2, 0.25) is 0 Å². The number of likely N-dealkylation sites (tertiary alicyclic amines) is 1. The molecule has 1 saturated carbocycles. The predicted octanol–water partition coefficient (Wildman–Crippen LogP) is 2.90. The summed E-state index contributed by atoms with van der Waals surface area (Å²) in [6, 6.07) is 6.78. The van der Waals surface area contributed by atoms with Crippen molar-refractivity contribution in [1.82, 2.24) is 10.2 Å². The minimum absolute atomic E-state index is 0.0414. The molecular formula is C20H26N2O3. The highest BCUT2D eigenvalue weighted by Crippen LogP contribution is 2.42. The van der Waals surface area contributed by atoms with Crippen LogP contribution in [-0.2, 0) is 9.53 Å². The molecule has 0 unspecified atom stereocenters. The lowest BCUT2D eigenvalue weighted by molar-refractivity contribution is -0.142. The molecule has 25 heavy (non-hydrogen) atoms. The first kappa shape index (κ1) is 16.4. The number of nitrogens with one attached hydrogen (secondary N) is 1. The minimum Gasteiger partial charge on any atom is -0.447 e. The van der Waals surface area contributed by atoms with Crippen LogP contribution in [0.15, 0.2) is 18.2 Å². The van der Waals surface area contributed by atoms with E-state index in [0.29, 0.717) is 25.4 Å². The van der Waals surface area contributed by atoms with Gasteiger partial charge < -0.3 is 15.0 Å². The Kier molecular flexibility index (Phi) is 3.97. The van der Waals surface area contributed by atoms with Crippen molar-refractivity contribution in [3.63, 3.8) is 0 Å². The van der Waals surface area contributed by atoms with Crippen molar-refractivity contribution < 1.29 is 14.3 Å². The van der Waals surface area contributed by atoms with Gasteiger partial charge in [0.05, 0.1) is 5.54 Å². The van der Waals surface area contributed by atoms with Gasteiger partial charge >= 0.3 is 6.09 Å². The number of carbonyl (C=O) groups is 2. The molecule has 1 spiro atoms. The number of aryl methyl sites for hydroxylation is 2. The molecule has 0 atom stereocenters. The summed E-state index contributed by atoms with van der Waals surface area (Å²) in [4.78, 5) is 26.0. The first-order chi connectivity index (χ1) is 11.9. The molecule has 3 aliphatic rings. The molecular weight excluding hydrogens is 316 g/mol. The molecule has 1 N–H and O–H groups in total. The number of rotatable bonds is 2. The number of nitrogens with zero attached hydrogens (tertiary/aromatic N) is 1. The summed E-state index contributed by atoms with van der Waals surface area (Å²) >= 11 is 0. The summed E-state index contributed by atoms with van der Waals surface area (Å²) < 4.78 is 4.99. The van der Waals surface area contributed by atoms with E-state index in [4.69, 9.17) is 4.74 Å². The van der Waals surface area contributed by atoms with Gasteiger partial charge in [0.15, 0.2) is 0 Å². The Morgan fingerprint density at radius 3 is 2.36 bits per heavy atom. The molecule has 1 aliphatic carbocycles. The van der Waals surface area contributed by atoms with Crippen LogP contribution in [0.25, 0.3) is 0 Å². The third kappa shape index (κ3) is 3.12. The Bertz CT molecular complexity index is 681. The number of cyclic esters (lactones) is 1. The lowest BCUT2D eigenvalue weighted by Gasteiger charge is -2.45. The SMILES string of the molecule is Cc1cc(C)cc(C2CCN(C(=O)[C@H]3C[C@]4(COC(=O)N4)C3)CC2)c1. The zero-order chi connectivity index (χ0) is 17.6. The van der Waals surface area contributed by atoms with Crippen LogP contribution in [0, 0.1) is 19.8 Å². The van der Waals surface area contributed by atoms with Crippen LogP contribution >= 0.6 is 0 Å². The fourth-order valence-electron chi connectivity index (χ4n) is 4.71. The Hall–Kier alpha value is -2.04. The number of amides is 2. The van der Waals surface area contributed by atoms with Crippen LogP contribution in [-0.4, -0.2) is 42.1 Å². The van der Waals surface area contributed by atoms with Crippen molar-refractivity contribution in [1.29, 1.82) is 0 Å². The van der Waals surface area contributed by atoms with Gasteiger partial charge in [-0.2, -0.15) is 0 Å². The number of hydrogen-bond donors (Lipinski definition) is 1. The number of alkyl carbamates (subject to hydrolysis) is 1. The van der Waals surface area contributed by atoms with Gasteiger partial charge in [0.2, 0.25) is 5.91 Å². The molecule has 5 heteroatoms. The normalized spacial score (nSPS) is 29.3. The summed E-state index contributed by atoms with van der Waals surface area (Å²) in [6.07, 6.45) is 3.15. The predicted molar refractivity (Wildman–Crippen MR) is 94.4 cm³/mol. The molecule has 1 aromatic carbocycles. The molecule has 2 saturated heterocycles. The van der Waals surface area contributed by atoms with E-state index in [-0.39, 0.29) is 23.5 Å². The van der Waals surface area contributed by atoms with Crippen molar-refractivity contribution in [2.45, 2.75) is 51.0 Å². The number of carbonyl (C=O) groups excluding carboxylic acids is 2. The van der Waals surface area contributed by atoms with Crippen molar-refractivity contribution in [2.24, 2.45) is 5.92 Å². The van der Waals surface area contributed by atoms with Crippen molar-refractivity contribution >= 4 is 12.0 Å². The molecule has 2 amide bonds. The quantitative estimate of drug-likeness (QED) is 0.899. The molecule has 0 aromatic heterocycles. The van der Waals surface area contributed by atoms with Crippen LogP contribution in [0.3, 0.4) is 0 Å². The molecule has 2 aliphatic heterocycles. The van der Waals surface area contributed by atoms with Crippen LogP contribution < -0.4 is 5.32 Å².